The summed E-state index contributed by atoms with van der Waals surface area (Å²) in [5.41, 5.74) is -0.993. The molecule has 1 aromatic rings. The van der Waals surface area contributed by atoms with Gasteiger partial charge in [0, 0.05) is 12.6 Å². The van der Waals surface area contributed by atoms with E-state index in [0.29, 0.717) is 5.56 Å². The van der Waals surface area contributed by atoms with Crippen molar-refractivity contribution in [2.45, 2.75) is 51.8 Å². The second-order valence-corrected chi connectivity index (χ2v) is 7.70. The molecule has 0 saturated heterocycles. The third-order valence-electron chi connectivity index (χ3n) is 3.99. The SMILES string of the molecule is CC(c1cc(F)c(NC(=O)C(CCO)NC(=O)OC(C)(C)C)c(F)c1)N(C)C. The molecule has 158 valence electrons. The highest BCUT2D eigenvalue weighted by Gasteiger charge is 2.26. The summed E-state index contributed by atoms with van der Waals surface area (Å²) in [5, 5.41) is 13.6. The number of aliphatic hydroxyl groups is 1. The lowest BCUT2D eigenvalue weighted by Crippen LogP contribution is -2.46. The molecule has 0 aliphatic carbocycles. The Morgan fingerprint density at radius 1 is 1.21 bits per heavy atom. The molecule has 0 bridgehead atoms. The maximum absolute atomic E-state index is 14.4. The molecule has 7 nitrogen and oxygen atoms in total. The van der Waals surface area contributed by atoms with Crippen LogP contribution < -0.4 is 10.6 Å². The number of hydrogen-bond donors (Lipinski definition) is 3. The molecule has 2 amide bonds. The molecule has 0 fully saturated rings. The van der Waals surface area contributed by atoms with E-state index in [4.69, 9.17) is 9.84 Å². The highest BCUT2D eigenvalue weighted by molar-refractivity contribution is 5.96. The van der Waals surface area contributed by atoms with Crippen LogP contribution >= 0.6 is 0 Å². The third kappa shape index (κ3) is 7.05. The number of anilines is 1. The van der Waals surface area contributed by atoms with Crippen molar-refractivity contribution in [2.24, 2.45) is 0 Å². The molecule has 3 N–H and O–H groups in total. The third-order valence-corrected chi connectivity index (χ3v) is 3.99. The second-order valence-electron chi connectivity index (χ2n) is 7.70. The average molecular weight is 401 g/mol. The van der Waals surface area contributed by atoms with Crippen LogP contribution in [0.1, 0.15) is 45.7 Å². The molecule has 0 saturated carbocycles. The topological polar surface area (TPSA) is 90.9 Å². The zero-order chi connectivity index (χ0) is 21.6. The zero-order valence-corrected chi connectivity index (χ0v) is 17.1. The molecule has 0 radical (unpaired) electrons. The maximum Gasteiger partial charge on any atom is 0.408 e. The van der Waals surface area contributed by atoms with Crippen LogP contribution in [0.15, 0.2) is 12.1 Å². The van der Waals surface area contributed by atoms with Gasteiger partial charge < -0.3 is 25.4 Å². The number of hydrogen-bond acceptors (Lipinski definition) is 5. The minimum Gasteiger partial charge on any atom is -0.444 e. The second kappa shape index (κ2) is 9.79. The molecule has 0 heterocycles. The number of carbonyl (C=O) groups is 2. The van der Waals surface area contributed by atoms with Crippen LogP contribution in [0.3, 0.4) is 0 Å². The standard InChI is InChI=1S/C19H29F2N3O4/c1-11(24(5)6)12-9-13(20)16(14(21)10-12)23-17(26)15(7-8-25)22-18(27)28-19(2,3)4/h9-11,15,25H,7-8H2,1-6H3,(H,22,27)(H,23,26). The molecule has 0 aliphatic rings. The summed E-state index contributed by atoms with van der Waals surface area (Å²) in [6.45, 7) is 6.31. The van der Waals surface area contributed by atoms with Crippen LogP contribution in [-0.4, -0.2) is 54.4 Å². The van der Waals surface area contributed by atoms with Gasteiger partial charge in [0.1, 0.15) is 29.0 Å². The number of nitrogens with zero attached hydrogens (tertiary/aromatic N) is 1. The Balaban J connectivity index is 2.97. The molecule has 2 atom stereocenters. The van der Waals surface area contributed by atoms with Gasteiger partial charge in [-0.2, -0.15) is 0 Å². The molecular formula is C19H29F2N3O4. The van der Waals surface area contributed by atoms with E-state index < -0.39 is 47.6 Å². The lowest BCUT2D eigenvalue weighted by Gasteiger charge is -2.23. The van der Waals surface area contributed by atoms with Gasteiger partial charge in [0.05, 0.1) is 0 Å². The lowest BCUT2D eigenvalue weighted by molar-refractivity contribution is -0.118. The van der Waals surface area contributed by atoms with Crippen LogP contribution in [0.4, 0.5) is 19.3 Å². The molecule has 0 spiro atoms. The summed E-state index contributed by atoms with van der Waals surface area (Å²) in [4.78, 5) is 26.1. The van der Waals surface area contributed by atoms with Gasteiger partial charge >= 0.3 is 6.09 Å². The number of ether oxygens (including phenoxy) is 1. The Morgan fingerprint density at radius 3 is 2.18 bits per heavy atom. The summed E-state index contributed by atoms with van der Waals surface area (Å²) < 4.78 is 33.9. The molecule has 1 rings (SSSR count). The summed E-state index contributed by atoms with van der Waals surface area (Å²) >= 11 is 0. The van der Waals surface area contributed by atoms with Crippen molar-refractivity contribution in [2.75, 3.05) is 26.0 Å². The Hall–Kier alpha value is -2.26. The van der Waals surface area contributed by atoms with Crippen molar-refractivity contribution in [1.29, 1.82) is 0 Å². The van der Waals surface area contributed by atoms with E-state index in [2.05, 4.69) is 10.6 Å². The molecule has 2 unspecified atom stereocenters. The van der Waals surface area contributed by atoms with E-state index in [9.17, 15) is 18.4 Å². The molecule has 0 aliphatic heterocycles. The van der Waals surface area contributed by atoms with Gasteiger partial charge in [-0.25, -0.2) is 13.6 Å². The Labute approximate surface area is 164 Å². The van der Waals surface area contributed by atoms with E-state index >= 15 is 0 Å². The number of carbonyl (C=O) groups excluding carboxylic acids is 2. The Bertz CT molecular complexity index is 682. The van der Waals surface area contributed by atoms with Gasteiger partial charge in [0.2, 0.25) is 5.91 Å². The minimum absolute atomic E-state index is 0.149. The van der Waals surface area contributed by atoms with Gasteiger partial charge in [-0.05, 0) is 65.9 Å². The van der Waals surface area contributed by atoms with Crippen molar-refractivity contribution in [3.63, 3.8) is 0 Å². The number of aliphatic hydroxyl groups excluding tert-OH is 1. The highest BCUT2D eigenvalue weighted by atomic mass is 19.1. The quantitative estimate of drug-likeness (QED) is 0.654. The van der Waals surface area contributed by atoms with E-state index in [1.807, 2.05) is 0 Å². The summed E-state index contributed by atoms with van der Waals surface area (Å²) in [6.07, 6.45) is -1.03. The number of halogens is 2. The fourth-order valence-corrected chi connectivity index (χ4v) is 2.31. The molecular weight excluding hydrogens is 372 g/mol. The first-order valence-corrected chi connectivity index (χ1v) is 8.92. The monoisotopic (exact) mass is 401 g/mol. The number of amides is 2. The van der Waals surface area contributed by atoms with Crippen molar-refractivity contribution in [3.8, 4) is 0 Å². The zero-order valence-electron chi connectivity index (χ0n) is 17.1. The van der Waals surface area contributed by atoms with Crippen LogP contribution in [0, 0.1) is 11.6 Å². The number of rotatable bonds is 7. The van der Waals surface area contributed by atoms with Gasteiger partial charge in [-0.3, -0.25) is 4.79 Å². The summed E-state index contributed by atoms with van der Waals surface area (Å²) in [5.74, 6) is -2.74. The average Bonchev–Trinajstić information content (AvgIpc) is 2.54. The van der Waals surface area contributed by atoms with Crippen LogP contribution in [0.2, 0.25) is 0 Å². The smallest absolute Gasteiger partial charge is 0.408 e. The van der Waals surface area contributed by atoms with Crippen molar-refractivity contribution in [3.05, 3.63) is 29.3 Å². The van der Waals surface area contributed by atoms with E-state index in [1.54, 1.807) is 46.7 Å². The van der Waals surface area contributed by atoms with E-state index in [-0.39, 0.29) is 12.5 Å². The highest BCUT2D eigenvalue weighted by Crippen LogP contribution is 2.26. The fourth-order valence-electron chi connectivity index (χ4n) is 2.31. The van der Waals surface area contributed by atoms with Gasteiger partial charge in [0.25, 0.3) is 0 Å². The van der Waals surface area contributed by atoms with E-state index in [1.165, 1.54) is 0 Å². The Morgan fingerprint density at radius 2 is 1.75 bits per heavy atom. The maximum atomic E-state index is 14.4. The lowest BCUT2D eigenvalue weighted by atomic mass is 10.1. The predicted molar refractivity (Wildman–Crippen MR) is 102 cm³/mol. The van der Waals surface area contributed by atoms with Crippen molar-refractivity contribution < 1.29 is 28.2 Å². The van der Waals surface area contributed by atoms with Crippen molar-refractivity contribution >= 4 is 17.7 Å². The van der Waals surface area contributed by atoms with Gasteiger partial charge in [-0.1, -0.05) is 0 Å². The predicted octanol–water partition coefficient (Wildman–Crippen LogP) is 2.80. The van der Waals surface area contributed by atoms with Crippen LogP contribution in [0.5, 0.6) is 0 Å². The summed E-state index contributed by atoms with van der Waals surface area (Å²) in [7, 11) is 3.55. The number of nitrogens with one attached hydrogen (secondary N) is 2. The van der Waals surface area contributed by atoms with Gasteiger partial charge in [-0.15, -0.1) is 0 Å². The molecule has 0 aromatic heterocycles. The number of alkyl carbamates (subject to hydrolysis) is 1. The fraction of sp³-hybridized carbons (Fsp3) is 0.579. The first kappa shape index (κ1) is 23.8. The van der Waals surface area contributed by atoms with Crippen molar-refractivity contribution in [1.82, 2.24) is 10.2 Å². The van der Waals surface area contributed by atoms with Crippen LogP contribution in [0.25, 0.3) is 0 Å². The number of benzene rings is 1. The van der Waals surface area contributed by atoms with Crippen LogP contribution in [-0.2, 0) is 9.53 Å². The first-order valence-electron chi connectivity index (χ1n) is 8.92. The molecule has 9 heteroatoms. The normalized spacial score (nSPS) is 13.8. The molecule has 1 aromatic carbocycles. The molecule has 28 heavy (non-hydrogen) atoms. The summed E-state index contributed by atoms with van der Waals surface area (Å²) in [6, 6.07) is 0.834. The largest absolute Gasteiger partial charge is 0.444 e. The Kier molecular flexibility index (Phi) is 8.31. The first-order chi connectivity index (χ1) is 12.9. The van der Waals surface area contributed by atoms with Gasteiger partial charge in [0.15, 0.2) is 0 Å². The van der Waals surface area contributed by atoms with E-state index in [0.717, 1.165) is 12.1 Å². The minimum atomic E-state index is -1.22.